The molecule has 0 aliphatic carbocycles. The smallest absolute Gasteiger partial charge is 0.263 e. The van der Waals surface area contributed by atoms with E-state index < -0.39 is 10.0 Å². The molecule has 1 N–H and O–H groups in total. The molecule has 0 bridgehead atoms. The summed E-state index contributed by atoms with van der Waals surface area (Å²) in [6, 6.07) is 16.6. The second-order valence-electron chi connectivity index (χ2n) is 6.90. The van der Waals surface area contributed by atoms with Gasteiger partial charge in [0.05, 0.1) is 26.1 Å². The number of pyridine rings is 1. The normalized spacial score (nSPS) is 11.5. The maximum atomic E-state index is 12.7. The Bertz CT molecular complexity index is 1440. The van der Waals surface area contributed by atoms with Crippen LogP contribution in [0.3, 0.4) is 0 Å². The number of nitrogens with one attached hydrogen (secondary N) is 1. The second kappa shape index (κ2) is 8.96. The van der Waals surface area contributed by atoms with E-state index in [2.05, 4.69) is 4.72 Å². The van der Waals surface area contributed by atoms with Gasteiger partial charge in [0, 0.05) is 17.2 Å². The van der Waals surface area contributed by atoms with E-state index in [9.17, 15) is 8.42 Å². The van der Waals surface area contributed by atoms with Gasteiger partial charge in [-0.3, -0.25) is 4.72 Å². The fraction of sp³-hybridized carbons (Fsp3) is 0.0455. The average molecular weight is 529 g/mol. The van der Waals surface area contributed by atoms with E-state index in [1.807, 2.05) is 41.9 Å². The van der Waals surface area contributed by atoms with E-state index in [0.717, 1.165) is 10.9 Å². The number of fused-ring (bicyclic) bond motifs is 1. The summed E-state index contributed by atoms with van der Waals surface area (Å²) < 4.78 is 35.7. The number of nitrogens with zero attached hydrogens (tertiary/aromatic N) is 1. The molecule has 0 amide bonds. The molecule has 0 radical (unpaired) electrons. The van der Waals surface area contributed by atoms with Gasteiger partial charge in [0.1, 0.15) is 11.9 Å². The number of aryl methyl sites for hydroxylation is 1. The lowest BCUT2D eigenvalue weighted by Crippen LogP contribution is -2.28. The monoisotopic (exact) mass is 527 g/mol. The maximum Gasteiger partial charge on any atom is 0.263 e. The molecule has 0 aliphatic rings. The minimum atomic E-state index is -4.00. The minimum absolute atomic E-state index is 0.00804. The third kappa shape index (κ3) is 4.75. The van der Waals surface area contributed by atoms with Crippen LogP contribution >= 0.6 is 46.4 Å². The van der Waals surface area contributed by atoms with Crippen LogP contribution in [0, 0.1) is 0 Å². The van der Waals surface area contributed by atoms with E-state index in [0.29, 0.717) is 10.8 Å². The molecular formula is C22H15Cl4N2O3S+. The van der Waals surface area contributed by atoms with Gasteiger partial charge >= 0.3 is 0 Å². The number of aromatic nitrogens is 1. The minimum Gasteiger partial charge on any atom is -0.448 e. The Morgan fingerprint density at radius 1 is 0.875 bits per heavy atom. The highest BCUT2D eigenvalue weighted by atomic mass is 35.5. The van der Waals surface area contributed by atoms with E-state index in [-0.39, 0.29) is 31.4 Å². The molecule has 1 aromatic heterocycles. The average Bonchev–Trinajstić information content (AvgIpc) is 2.70. The molecule has 0 saturated carbocycles. The largest absolute Gasteiger partial charge is 0.448 e. The van der Waals surface area contributed by atoms with Gasteiger partial charge in [-0.05, 0) is 36.4 Å². The fourth-order valence-electron chi connectivity index (χ4n) is 3.17. The number of anilines is 1. The van der Waals surface area contributed by atoms with Crippen LogP contribution in [-0.2, 0) is 17.1 Å². The fourth-order valence-corrected chi connectivity index (χ4v) is 5.55. The zero-order valence-corrected chi connectivity index (χ0v) is 20.3. The van der Waals surface area contributed by atoms with Crippen molar-refractivity contribution in [3.05, 3.63) is 87.0 Å². The number of ether oxygens (including phenoxy) is 1. The summed E-state index contributed by atoms with van der Waals surface area (Å²) in [6.07, 6.45) is 1.80. The lowest BCUT2D eigenvalue weighted by molar-refractivity contribution is -0.645. The third-order valence-corrected chi connectivity index (χ3v) is 7.25. The SMILES string of the molecule is C[n+]1cc(Oc2c(Cl)cc(NS(=O)(=O)c3ccc(Cl)cc3Cl)cc2Cl)cc2ccccc21. The van der Waals surface area contributed by atoms with Gasteiger partial charge in [0.15, 0.2) is 11.5 Å². The first kappa shape index (κ1) is 23.0. The predicted molar refractivity (Wildman–Crippen MR) is 129 cm³/mol. The first-order chi connectivity index (χ1) is 15.1. The van der Waals surface area contributed by atoms with Crippen molar-refractivity contribution in [2.24, 2.45) is 7.05 Å². The summed E-state index contributed by atoms with van der Waals surface area (Å²) in [6.45, 7) is 0. The van der Waals surface area contributed by atoms with Crippen molar-refractivity contribution in [2.45, 2.75) is 4.90 Å². The van der Waals surface area contributed by atoms with Crippen molar-refractivity contribution in [1.29, 1.82) is 0 Å². The number of rotatable bonds is 5. The molecule has 3 aromatic carbocycles. The number of hydrogen-bond donors (Lipinski definition) is 1. The standard InChI is InChI=1S/C22H15Cl4N2O3S/c1-28-12-16(8-13-4-2-3-5-20(13)28)31-22-18(25)10-15(11-19(22)26)27-32(29,30)21-7-6-14(23)9-17(21)24/h2-12,27H,1H3/q+1. The van der Waals surface area contributed by atoms with Gasteiger partial charge in [-0.15, -0.1) is 0 Å². The van der Waals surface area contributed by atoms with Crippen LogP contribution in [0.1, 0.15) is 0 Å². The molecule has 0 aliphatic heterocycles. The number of sulfonamides is 1. The number of hydrogen-bond acceptors (Lipinski definition) is 3. The first-order valence-electron chi connectivity index (χ1n) is 9.17. The summed E-state index contributed by atoms with van der Waals surface area (Å²) in [5.74, 6) is 0.729. The van der Waals surface area contributed by atoms with Gasteiger partial charge in [-0.2, -0.15) is 4.57 Å². The molecule has 10 heteroatoms. The Balaban J connectivity index is 1.64. The van der Waals surface area contributed by atoms with Crippen molar-refractivity contribution < 1.29 is 17.7 Å². The Hall–Kier alpha value is -2.22. The topological polar surface area (TPSA) is 59.3 Å². The summed E-state index contributed by atoms with van der Waals surface area (Å²) in [5, 5.41) is 1.56. The van der Waals surface area contributed by atoms with E-state index in [1.54, 1.807) is 6.20 Å². The van der Waals surface area contributed by atoms with Gasteiger partial charge in [-0.1, -0.05) is 58.5 Å². The van der Waals surface area contributed by atoms with Gasteiger partial charge in [0.2, 0.25) is 11.7 Å². The lowest BCUT2D eigenvalue weighted by Gasteiger charge is -2.13. The highest BCUT2D eigenvalue weighted by Crippen LogP contribution is 2.39. The summed E-state index contributed by atoms with van der Waals surface area (Å²) in [4.78, 5) is -0.125. The Kier molecular flexibility index (Phi) is 6.43. The van der Waals surface area contributed by atoms with Crippen molar-refractivity contribution in [3.8, 4) is 11.5 Å². The number of para-hydroxylation sites is 1. The molecule has 4 aromatic rings. The molecule has 0 spiro atoms. The summed E-state index contributed by atoms with van der Waals surface area (Å²) in [7, 11) is -2.10. The van der Waals surface area contributed by atoms with Gasteiger partial charge < -0.3 is 4.74 Å². The quantitative estimate of drug-likeness (QED) is 0.287. The zero-order valence-electron chi connectivity index (χ0n) is 16.4. The van der Waals surface area contributed by atoms with E-state index in [4.69, 9.17) is 51.1 Å². The molecular weight excluding hydrogens is 514 g/mol. The predicted octanol–water partition coefficient (Wildman–Crippen LogP) is 6.87. The highest BCUT2D eigenvalue weighted by molar-refractivity contribution is 7.92. The Morgan fingerprint density at radius 2 is 1.56 bits per heavy atom. The number of halogens is 4. The third-order valence-electron chi connectivity index (χ3n) is 4.59. The van der Waals surface area contributed by atoms with Crippen molar-refractivity contribution in [1.82, 2.24) is 0 Å². The lowest BCUT2D eigenvalue weighted by atomic mass is 10.2. The first-order valence-corrected chi connectivity index (χ1v) is 12.2. The van der Waals surface area contributed by atoms with Crippen molar-refractivity contribution in [3.63, 3.8) is 0 Å². The van der Waals surface area contributed by atoms with Crippen molar-refractivity contribution in [2.75, 3.05) is 4.72 Å². The Labute approximate surface area is 205 Å². The maximum absolute atomic E-state index is 12.7. The zero-order chi connectivity index (χ0) is 23.0. The molecule has 1 heterocycles. The van der Waals surface area contributed by atoms with E-state index >= 15 is 0 Å². The molecule has 32 heavy (non-hydrogen) atoms. The van der Waals surface area contributed by atoms with Crippen LogP contribution < -0.4 is 14.0 Å². The summed E-state index contributed by atoms with van der Waals surface area (Å²) in [5.41, 5.74) is 1.19. The van der Waals surface area contributed by atoms with Crippen molar-refractivity contribution >= 4 is 73.0 Å². The molecule has 0 fully saturated rings. The van der Waals surface area contributed by atoms with E-state index in [1.165, 1.54) is 30.3 Å². The molecule has 5 nitrogen and oxygen atoms in total. The molecule has 0 atom stereocenters. The van der Waals surface area contributed by atoms with Crippen LogP contribution in [0.4, 0.5) is 5.69 Å². The summed E-state index contributed by atoms with van der Waals surface area (Å²) >= 11 is 24.6. The van der Waals surface area contributed by atoms with Gasteiger partial charge in [-0.25, -0.2) is 8.42 Å². The van der Waals surface area contributed by atoms with Crippen LogP contribution in [0.5, 0.6) is 11.5 Å². The Morgan fingerprint density at radius 3 is 2.25 bits per heavy atom. The molecule has 0 unspecified atom stereocenters. The molecule has 164 valence electrons. The highest BCUT2D eigenvalue weighted by Gasteiger charge is 2.21. The van der Waals surface area contributed by atoms with Crippen LogP contribution in [0.2, 0.25) is 20.1 Å². The van der Waals surface area contributed by atoms with Crippen LogP contribution in [0.25, 0.3) is 10.9 Å². The van der Waals surface area contributed by atoms with Gasteiger partial charge in [0.25, 0.3) is 10.0 Å². The molecule has 4 rings (SSSR count). The molecule has 0 saturated heterocycles. The van der Waals surface area contributed by atoms with Crippen LogP contribution in [-0.4, -0.2) is 8.42 Å². The number of benzene rings is 3. The second-order valence-corrected chi connectivity index (χ2v) is 10.2. The van der Waals surface area contributed by atoms with Crippen LogP contribution in [0.15, 0.2) is 71.8 Å².